The fourth-order valence-electron chi connectivity index (χ4n) is 1.51. The van der Waals surface area contributed by atoms with Crippen molar-refractivity contribution in [2.24, 2.45) is 0 Å². The van der Waals surface area contributed by atoms with Crippen molar-refractivity contribution in [1.29, 1.82) is 0 Å². The minimum atomic E-state index is 0.317. The lowest BCUT2D eigenvalue weighted by molar-refractivity contribution is 0.432. The van der Waals surface area contributed by atoms with Crippen LogP contribution in [0.3, 0.4) is 0 Å². The van der Waals surface area contributed by atoms with Crippen molar-refractivity contribution < 1.29 is 4.52 Å². The van der Waals surface area contributed by atoms with Crippen molar-refractivity contribution in [2.75, 3.05) is 5.73 Å². The van der Waals surface area contributed by atoms with Crippen molar-refractivity contribution in [1.82, 2.24) is 25.6 Å². The van der Waals surface area contributed by atoms with Gasteiger partial charge in [-0.25, -0.2) is 0 Å². The molecular formula is C10H6Br2N6O. The van der Waals surface area contributed by atoms with E-state index < -0.39 is 0 Å². The van der Waals surface area contributed by atoms with Gasteiger partial charge in [-0.1, -0.05) is 21.1 Å². The molecular weight excluding hydrogens is 380 g/mol. The van der Waals surface area contributed by atoms with E-state index in [-0.39, 0.29) is 0 Å². The molecule has 7 nitrogen and oxygen atoms in total. The van der Waals surface area contributed by atoms with Crippen LogP contribution in [0.15, 0.2) is 31.8 Å². The van der Waals surface area contributed by atoms with Crippen molar-refractivity contribution >= 4 is 37.5 Å². The largest absolute Gasteiger partial charge is 0.397 e. The number of nitrogens with one attached hydrogen (secondary N) is 1. The number of nitrogen functional groups attached to an aromatic ring is 1. The zero-order valence-electron chi connectivity index (χ0n) is 9.26. The normalized spacial score (nSPS) is 10.8. The number of nitrogens with zero attached hydrogens (tertiary/aromatic N) is 4. The average molecular weight is 386 g/mol. The fraction of sp³-hybridized carbons (Fsp3) is 0. The molecule has 2 heterocycles. The lowest BCUT2D eigenvalue weighted by atomic mass is 10.2. The molecule has 96 valence electrons. The van der Waals surface area contributed by atoms with Crippen LogP contribution in [0.2, 0.25) is 0 Å². The van der Waals surface area contributed by atoms with Crippen LogP contribution in [0.25, 0.3) is 23.0 Å². The Balaban J connectivity index is 2.09. The summed E-state index contributed by atoms with van der Waals surface area (Å²) >= 11 is 6.75. The van der Waals surface area contributed by atoms with Gasteiger partial charge in [-0.05, 0) is 28.1 Å². The zero-order valence-corrected chi connectivity index (χ0v) is 12.4. The van der Waals surface area contributed by atoms with Crippen LogP contribution in [0.5, 0.6) is 0 Å². The second kappa shape index (κ2) is 4.74. The van der Waals surface area contributed by atoms with Crippen LogP contribution in [-0.2, 0) is 0 Å². The Bertz CT molecular complexity index is 724. The molecule has 0 amide bonds. The first-order chi connectivity index (χ1) is 9.15. The maximum absolute atomic E-state index is 5.98. The first kappa shape index (κ1) is 12.3. The summed E-state index contributed by atoms with van der Waals surface area (Å²) < 4.78 is 6.80. The van der Waals surface area contributed by atoms with Gasteiger partial charge in [0.15, 0.2) is 5.69 Å². The highest BCUT2D eigenvalue weighted by molar-refractivity contribution is 9.11. The molecule has 0 bridgehead atoms. The topological polar surface area (TPSA) is 107 Å². The second-order valence-electron chi connectivity index (χ2n) is 3.63. The summed E-state index contributed by atoms with van der Waals surface area (Å²) in [4.78, 5) is 4.24. The van der Waals surface area contributed by atoms with E-state index in [9.17, 15) is 0 Å². The van der Waals surface area contributed by atoms with Crippen LogP contribution >= 0.6 is 31.9 Å². The van der Waals surface area contributed by atoms with Gasteiger partial charge >= 0.3 is 0 Å². The molecule has 0 radical (unpaired) electrons. The van der Waals surface area contributed by atoms with Crippen molar-refractivity contribution in [3.63, 3.8) is 0 Å². The van der Waals surface area contributed by atoms with E-state index >= 15 is 0 Å². The molecule has 0 saturated carbocycles. The van der Waals surface area contributed by atoms with Gasteiger partial charge in [0.1, 0.15) is 0 Å². The molecule has 0 spiro atoms. The Labute approximate surface area is 123 Å². The summed E-state index contributed by atoms with van der Waals surface area (Å²) in [5.41, 5.74) is 7.65. The SMILES string of the molecule is Nc1c(Br)cc(Br)cc1-c1nc(-c2cn[nH]n2)no1. The fourth-order valence-corrected chi connectivity index (χ4v) is 2.73. The second-order valence-corrected chi connectivity index (χ2v) is 5.40. The molecule has 3 rings (SSSR count). The number of hydrogen-bond acceptors (Lipinski definition) is 6. The van der Waals surface area contributed by atoms with Gasteiger partial charge in [0, 0.05) is 8.95 Å². The van der Waals surface area contributed by atoms with Gasteiger partial charge in [-0.3, -0.25) is 0 Å². The maximum Gasteiger partial charge on any atom is 0.260 e. The highest BCUT2D eigenvalue weighted by Crippen LogP contribution is 2.34. The van der Waals surface area contributed by atoms with E-state index in [0.29, 0.717) is 28.7 Å². The van der Waals surface area contributed by atoms with E-state index in [1.165, 1.54) is 6.20 Å². The number of hydrogen-bond donors (Lipinski definition) is 2. The number of halogens is 2. The number of aromatic amines is 1. The molecule has 9 heteroatoms. The number of aromatic nitrogens is 5. The number of anilines is 1. The molecule has 0 aliphatic heterocycles. The van der Waals surface area contributed by atoms with Crippen molar-refractivity contribution in [3.05, 3.63) is 27.3 Å². The summed E-state index contributed by atoms with van der Waals surface area (Å²) in [6.45, 7) is 0. The van der Waals surface area contributed by atoms with E-state index in [4.69, 9.17) is 10.3 Å². The molecule has 0 saturated heterocycles. The van der Waals surface area contributed by atoms with E-state index in [0.717, 1.165) is 8.95 Å². The molecule has 0 aliphatic rings. The predicted octanol–water partition coefficient (Wildman–Crippen LogP) is 2.63. The summed E-state index contributed by atoms with van der Waals surface area (Å²) in [7, 11) is 0. The standard InChI is InChI=1S/C10H6Br2N6O/c11-4-1-5(8(13)6(12)2-4)10-15-9(17-19-10)7-3-14-18-16-7/h1-3H,13H2,(H,14,16,18). The van der Waals surface area contributed by atoms with Crippen LogP contribution < -0.4 is 5.73 Å². The van der Waals surface area contributed by atoms with Crippen molar-refractivity contribution in [3.8, 4) is 23.0 Å². The molecule has 3 N–H and O–H groups in total. The summed E-state index contributed by atoms with van der Waals surface area (Å²) in [6.07, 6.45) is 1.51. The Morgan fingerprint density at radius 1 is 1.26 bits per heavy atom. The van der Waals surface area contributed by atoms with Crippen LogP contribution in [0, 0.1) is 0 Å². The molecule has 0 aliphatic carbocycles. The lowest BCUT2D eigenvalue weighted by Gasteiger charge is -2.04. The minimum absolute atomic E-state index is 0.317. The zero-order chi connectivity index (χ0) is 13.4. The number of H-pyrrole nitrogens is 1. The van der Waals surface area contributed by atoms with Crippen LogP contribution in [0.1, 0.15) is 0 Å². The average Bonchev–Trinajstić information content (AvgIpc) is 3.03. The summed E-state index contributed by atoms with van der Waals surface area (Å²) in [6, 6.07) is 3.65. The molecule has 0 unspecified atom stereocenters. The Morgan fingerprint density at radius 2 is 2.11 bits per heavy atom. The molecule has 1 aromatic carbocycles. The first-order valence-corrected chi connectivity index (χ1v) is 6.68. The van der Waals surface area contributed by atoms with Crippen LogP contribution in [0.4, 0.5) is 5.69 Å². The van der Waals surface area contributed by atoms with E-state index in [1.54, 1.807) is 6.07 Å². The highest BCUT2D eigenvalue weighted by atomic mass is 79.9. The molecule has 3 aromatic rings. The maximum atomic E-state index is 5.98. The highest BCUT2D eigenvalue weighted by Gasteiger charge is 2.16. The number of rotatable bonds is 2. The van der Waals surface area contributed by atoms with Gasteiger partial charge in [-0.15, -0.1) is 0 Å². The molecule has 0 atom stereocenters. The van der Waals surface area contributed by atoms with E-state index in [1.807, 2.05) is 6.07 Å². The van der Waals surface area contributed by atoms with Gasteiger partial charge < -0.3 is 10.3 Å². The summed E-state index contributed by atoms with van der Waals surface area (Å²) in [5, 5.41) is 13.9. The first-order valence-electron chi connectivity index (χ1n) is 5.10. The molecule has 19 heavy (non-hydrogen) atoms. The third kappa shape index (κ3) is 2.26. The summed E-state index contributed by atoms with van der Waals surface area (Å²) in [5.74, 6) is 0.664. The third-order valence-electron chi connectivity index (χ3n) is 2.39. The van der Waals surface area contributed by atoms with Gasteiger partial charge in [0.2, 0.25) is 5.82 Å². The van der Waals surface area contributed by atoms with Crippen LogP contribution in [-0.4, -0.2) is 25.6 Å². The Kier molecular flexibility index (Phi) is 3.07. The molecule has 0 fully saturated rings. The quantitative estimate of drug-likeness (QED) is 0.656. The Hall–Kier alpha value is -1.74. The predicted molar refractivity (Wildman–Crippen MR) is 74.9 cm³/mol. The van der Waals surface area contributed by atoms with Crippen molar-refractivity contribution in [2.45, 2.75) is 0 Å². The Morgan fingerprint density at radius 3 is 2.84 bits per heavy atom. The minimum Gasteiger partial charge on any atom is -0.397 e. The smallest absolute Gasteiger partial charge is 0.260 e. The number of nitrogens with two attached hydrogens (primary N) is 1. The van der Waals surface area contributed by atoms with Gasteiger partial charge in [-0.2, -0.15) is 20.4 Å². The van der Waals surface area contributed by atoms with E-state index in [2.05, 4.69) is 57.4 Å². The van der Waals surface area contributed by atoms with Gasteiger partial charge in [0.05, 0.1) is 17.4 Å². The number of benzene rings is 1. The third-order valence-corrected chi connectivity index (χ3v) is 3.51. The lowest BCUT2D eigenvalue weighted by Crippen LogP contribution is -1.92. The monoisotopic (exact) mass is 384 g/mol. The molecule has 2 aromatic heterocycles. The van der Waals surface area contributed by atoms with Gasteiger partial charge in [0.25, 0.3) is 5.89 Å².